The smallest absolute Gasteiger partial charge is 0.416 e. The van der Waals surface area contributed by atoms with Crippen molar-refractivity contribution in [3.63, 3.8) is 0 Å². The van der Waals surface area contributed by atoms with Gasteiger partial charge in [-0.1, -0.05) is 18.2 Å². The molecule has 10 heteroatoms. The summed E-state index contributed by atoms with van der Waals surface area (Å²) in [5.41, 5.74) is 0.0862. The minimum absolute atomic E-state index is 0.0853. The quantitative estimate of drug-likeness (QED) is 0.487. The molecule has 178 valence electrons. The third-order valence-electron chi connectivity index (χ3n) is 5.39. The zero-order valence-electron chi connectivity index (χ0n) is 18.3. The van der Waals surface area contributed by atoms with E-state index < -0.39 is 23.6 Å². The van der Waals surface area contributed by atoms with Gasteiger partial charge in [0.1, 0.15) is 5.75 Å². The maximum absolute atomic E-state index is 12.8. The maximum atomic E-state index is 12.8. The highest BCUT2D eigenvalue weighted by molar-refractivity contribution is 6.39. The number of methoxy groups -OCH3 is 1. The number of carbonyl (C=O) groups is 2. The fraction of sp³-hybridized carbons (Fsp3) is 0.391. The second kappa shape index (κ2) is 11.0. The fourth-order valence-corrected chi connectivity index (χ4v) is 3.65. The van der Waals surface area contributed by atoms with E-state index in [1.807, 2.05) is 24.3 Å². The zero-order valence-corrected chi connectivity index (χ0v) is 18.3. The lowest BCUT2D eigenvalue weighted by molar-refractivity contribution is -0.137. The van der Waals surface area contributed by atoms with Gasteiger partial charge in [0.25, 0.3) is 0 Å². The van der Waals surface area contributed by atoms with Gasteiger partial charge < -0.3 is 20.3 Å². The van der Waals surface area contributed by atoms with Crippen LogP contribution in [0.4, 0.5) is 24.5 Å². The Balaban J connectivity index is 1.36. The number of piperazine rings is 1. The Morgan fingerprint density at radius 2 is 1.73 bits per heavy atom. The minimum Gasteiger partial charge on any atom is -0.495 e. The largest absolute Gasteiger partial charge is 0.495 e. The molecule has 0 aromatic heterocycles. The summed E-state index contributed by atoms with van der Waals surface area (Å²) in [7, 11) is 1.66. The van der Waals surface area contributed by atoms with Gasteiger partial charge in [-0.25, -0.2) is 0 Å². The van der Waals surface area contributed by atoms with Crippen molar-refractivity contribution in [3.05, 3.63) is 54.1 Å². The van der Waals surface area contributed by atoms with E-state index in [-0.39, 0.29) is 5.69 Å². The van der Waals surface area contributed by atoms with E-state index in [4.69, 9.17) is 4.74 Å². The highest BCUT2D eigenvalue weighted by atomic mass is 19.4. The predicted molar refractivity (Wildman–Crippen MR) is 119 cm³/mol. The first-order valence-electron chi connectivity index (χ1n) is 10.6. The molecule has 3 rings (SSSR count). The molecule has 0 saturated carbocycles. The summed E-state index contributed by atoms with van der Waals surface area (Å²) >= 11 is 0. The number of rotatable bonds is 7. The van der Waals surface area contributed by atoms with Crippen LogP contribution in [0.2, 0.25) is 0 Å². The van der Waals surface area contributed by atoms with Crippen LogP contribution in [0.5, 0.6) is 5.75 Å². The summed E-state index contributed by atoms with van der Waals surface area (Å²) in [5.74, 6) is -1.04. The Hall–Kier alpha value is -3.27. The number of nitrogens with one attached hydrogen (secondary N) is 2. The Morgan fingerprint density at radius 3 is 2.42 bits per heavy atom. The second-order valence-electron chi connectivity index (χ2n) is 7.64. The first kappa shape index (κ1) is 24.4. The summed E-state index contributed by atoms with van der Waals surface area (Å²) in [6.07, 6.45) is -3.88. The number of amides is 2. The van der Waals surface area contributed by atoms with Gasteiger partial charge in [0.15, 0.2) is 0 Å². The summed E-state index contributed by atoms with van der Waals surface area (Å²) in [5, 5.41) is 4.71. The molecule has 0 spiro atoms. The van der Waals surface area contributed by atoms with E-state index in [1.165, 1.54) is 12.1 Å². The molecule has 2 N–H and O–H groups in total. The molecule has 1 heterocycles. The zero-order chi connectivity index (χ0) is 23.8. The first-order chi connectivity index (χ1) is 15.8. The molecule has 7 nitrogen and oxygen atoms in total. The first-order valence-corrected chi connectivity index (χ1v) is 10.6. The topological polar surface area (TPSA) is 73.9 Å². The van der Waals surface area contributed by atoms with Crippen LogP contribution in [0.25, 0.3) is 0 Å². The number of para-hydroxylation sites is 2. The van der Waals surface area contributed by atoms with Crippen molar-refractivity contribution in [1.29, 1.82) is 0 Å². The molecule has 1 fully saturated rings. The number of benzene rings is 2. The van der Waals surface area contributed by atoms with Gasteiger partial charge in [0.2, 0.25) is 0 Å². The molecule has 1 saturated heterocycles. The molecule has 0 aliphatic carbocycles. The Morgan fingerprint density at radius 1 is 1.00 bits per heavy atom. The lowest BCUT2D eigenvalue weighted by Crippen LogP contribution is -2.47. The number of ether oxygens (including phenoxy) is 1. The molecular formula is C23H27F3N4O3. The van der Waals surface area contributed by atoms with Crippen molar-refractivity contribution < 1.29 is 27.5 Å². The maximum Gasteiger partial charge on any atom is 0.416 e. The highest BCUT2D eigenvalue weighted by Gasteiger charge is 2.30. The number of alkyl halides is 3. The number of hydrogen-bond acceptors (Lipinski definition) is 5. The predicted octanol–water partition coefficient (Wildman–Crippen LogP) is 2.98. The average molecular weight is 464 g/mol. The van der Waals surface area contributed by atoms with Crippen LogP contribution in [0.15, 0.2) is 48.5 Å². The van der Waals surface area contributed by atoms with E-state index in [2.05, 4.69) is 20.4 Å². The van der Waals surface area contributed by atoms with Crippen LogP contribution >= 0.6 is 0 Å². The third-order valence-corrected chi connectivity index (χ3v) is 5.39. The standard InChI is InChI=1S/C23H27F3N4O3/c1-33-20-9-3-2-8-19(20)30-14-12-29(13-15-30)11-5-10-27-21(31)22(32)28-18-7-4-6-17(16-18)23(24,25)26/h2-4,6-9,16H,5,10-15H2,1H3,(H,27,31)(H,28,32). The summed E-state index contributed by atoms with van der Waals surface area (Å²) in [4.78, 5) is 28.5. The second-order valence-corrected chi connectivity index (χ2v) is 7.64. The normalized spacial score (nSPS) is 14.6. The van der Waals surface area contributed by atoms with Gasteiger partial charge in [0.05, 0.1) is 18.4 Å². The van der Waals surface area contributed by atoms with Crippen LogP contribution in [0.1, 0.15) is 12.0 Å². The minimum atomic E-state index is -4.53. The molecule has 2 amide bonds. The van der Waals surface area contributed by atoms with Gasteiger partial charge in [-0.3, -0.25) is 14.5 Å². The van der Waals surface area contributed by atoms with E-state index in [1.54, 1.807) is 7.11 Å². The number of hydrogen-bond donors (Lipinski definition) is 2. The number of halogens is 3. The van der Waals surface area contributed by atoms with Crippen molar-refractivity contribution in [2.75, 3.05) is 56.6 Å². The molecule has 0 bridgehead atoms. The van der Waals surface area contributed by atoms with E-state index in [9.17, 15) is 22.8 Å². The fourth-order valence-electron chi connectivity index (χ4n) is 3.65. The van der Waals surface area contributed by atoms with Crippen molar-refractivity contribution in [1.82, 2.24) is 10.2 Å². The van der Waals surface area contributed by atoms with E-state index >= 15 is 0 Å². The molecule has 1 aliphatic rings. The molecule has 0 atom stereocenters. The van der Waals surface area contributed by atoms with Crippen LogP contribution in [-0.2, 0) is 15.8 Å². The van der Waals surface area contributed by atoms with Gasteiger partial charge in [0, 0.05) is 38.4 Å². The van der Waals surface area contributed by atoms with E-state index in [0.717, 1.165) is 56.3 Å². The number of carbonyl (C=O) groups excluding carboxylic acids is 2. The summed E-state index contributed by atoms with van der Waals surface area (Å²) in [6.45, 7) is 4.49. The van der Waals surface area contributed by atoms with Gasteiger partial charge in [-0.05, 0) is 43.3 Å². The van der Waals surface area contributed by atoms with Crippen molar-refractivity contribution in [2.24, 2.45) is 0 Å². The van der Waals surface area contributed by atoms with Crippen molar-refractivity contribution >= 4 is 23.2 Å². The van der Waals surface area contributed by atoms with Crippen LogP contribution in [0.3, 0.4) is 0 Å². The Kier molecular flexibility index (Phi) is 8.16. The molecule has 2 aromatic rings. The third kappa shape index (κ3) is 6.85. The molecule has 1 aliphatic heterocycles. The summed E-state index contributed by atoms with van der Waals surface area (Å²) < 4.78 is 43.7. The molecule has 0 radical (unpaired) electrons. The van der Waals surface area contributed by atoms with Crippen LogP contribution in [-0.4, -0.2) is 63.1 Å². The molecule has 0 unspecified atom stereocenters. The molecular weight excluding hydrogens is 437 g/mol. The average Bonchev–Trinajstić information content (AvgIpc) is 2.81. The lowest BCUT2D eigenvalue weighted by Gasteiger charge is -2.36. The van der Waals surface area contributed by atoms with Gasteiger partial charge in [-0.15, -0.1) is 0 Å². The monoisotopic (exact) mass is 464 g/mol. The molecule has 33 heavy (non-hydrogen) atoms. The Labute approximate surface area is 190 Å². The Bertz CT molecular complexity index is 960. The van der Waals surface area contributed by atoms with Crippen molar-refractivity contribution in [2.45, 2.75) is 12.6 Å². The number of anilines is 2. The lowest BCUT2D eigenvalue weighted by atomic mass is 10.2. The van der Waals surface area contributed by atoms with E-state index in [0.29, 0.717) is 13.0 Å². The van der Waals surface area contributed by atoms with Gasteiger partial charge in [-0.2, -0.15) is 13.2 Å². The highest BCUT2D eigenvalue weighted by Crippen LogP contribution is 2.30. The van der Waals surface area contributed by atoms with Crippen molar-refractivity contribution in [3.8, 4) is 5.75 Å². The summed E-state index contributed by atoms with van der Waals surface area (Å²) in [6, 6.07) is 12.0. The molecule has 2 aromatic carbocycles. The van der Waals surface area contributed by atoms with Crippen LogP contribution in [0, 0.1) is 0 Å². The van der Waals surface area contributed by atoms with Crippen LogP contribution < -0.4 is 20.3 Å². The number of nitrogens with zero attached hydrogens (tertiary/aromatic N) is 2. The van der Waals surface area contributed by atoms with Gasteiger partial charge >= 0.3 is 18.0 Å². The SMILES string of the molecule is COc1ccccc1N1CCN(CCCNC(=O)C(=O)Nc2cccc(C(F)(F)F)c2)CC1.